The summed E-state index contributed by atoms with van der Waals surface area (Å²) < 4.78 is 8.84. The number of rotatable bonds is 3. The van der Waals surface area contributed by atoms with Crippen molar-refractivity contribution < 1.29 is 4.42 Å². The van der Waals surface area contributed by atoms with Crippen molar-refractivity contribution in [3.05, 3.63) is 163 Å². The second-order valence-electron chi connectivity index (χ2n) is 14.2. The Labute approximate surface area is 294 Å². The van der Waals surface area contributed by atoms with E-state index in [4.69, 9.17) is 14.4 Å². The molecular weight excluding hydrogens is 623 g/mol. The highest BCUT2D eigenvalue weighted by Crippen LogP contribution is 2.54. The van der Waals surface area contributed by atoms with E-state index in [1.807, 2.05) is 18.2 Å². The molecule has 0 bridgehead atoms. The standard InChI is InChI=1S/C47H31N3O/c1-47(2)37-25-24-33-31-14-7-10-18-40(31)50(45(33)43(37)36-26-35-32-15-8-11-19-41(32)51-42(35)27-38(36)47)30-22-20-29(21-23-30)46-48-39-17-9-6-16-34(39)44(49-46)28-12-4-3-5-13-28/h3-27H,1-2H3. The molecule has 7 aromatic carbocycles. The first-order chi connectivity index (χ1) is 25.0. The van der Waals surface area contributed by atoms with Crippen molar-refractivity contribution in [2.24, 2.45) is 0 Å². The van der Waals surface area contributed by atoms with Crippen LogP contribution in [0.5, 0.6) is 0 Å². The van der Waals surface area contributed by atoms with Crippen LogP contribution in [-0.4, -0.2) is 14.5 Å². The van der Waals surface area contributed by atoms with Gasteiger partial charge in [0.05, 0.1) is 22.2 Å². The van der Waals surface area contributed by atoms with Gasteiger partial charge in [-0.1, -0.05) is 111 Å². The molecule has 4 heteroatoms. The van der Waals surface area contributed by atoms with Gasteiger partial charge in [-0.3, -0.25) is 0 Å². The molecule has 0 spiro atoms. The minimum Gasteiger partial charge on any atom is -0.456 e. The first-order valence-corrected chi connectivity index (χ1v) is 17.5. The molecule has 51 heavy (non-hydrogen) atoms. The van der Waals surface area contributed by atoms with E-state index in [1.54, 1.807) is 0 Å². The lowest BCUT2D eigenvalue weighted by Gasteiger charge is -2.21. The van der Waals surface area contributed by atoms with Gasteiger partial charge in [0.25, 0.3) is 0 Å². The van der Waals surface area contributed by atoms with Crippen molar-refractivity contribution in [2.75, 3.05) is 0 Å². The van der Waals surface area contributed by atoms with Gasteiger partial charge >= 0.3 is 0 Å². The predicted molar refractivity (Wildman–Crippen MR) is 210 cm³/mol. The molecule has 0 amide bonds. The first-order valence-electron chi connectivity index (χ1n) is 17.5. The van der Waals surface area contributed by atoms with Gasteiger partial charge in [-0.2, -0.15) is 0 Å². The summed E-state index contributed by atoms with van der Waals surface area (Å²) in [6, 6.07) is 53.8. The smallest absolute Gasteiger partial charge is 0.160 e. The number of furan rings is 1. The van der Waals surface area contributed by atoms with E-state index in [2.05, 4.69) is 152 Å². The maximum atomic E-state index is 6.39. The molecule has 0 aliphatic heterocycles. The first kappa shape index (κ1) is 28.3. The molecule has 1 aliphatic rings. The Hall–Kier alpha value is -6.52. The zero-order valence-corrected chi connectivity index (χ0v) is 28.2. The summed E-state index contributed by atoms with van der Waals surface area (Å²) in [6.45, 7) is 4.68. The lowest BCUT2D eigenvalue weighted by Crippen LogP contribution is -2.14. The summed E-state index contributed by atoms with van der Waals surface area (Å²) in [4.78, 5) is 10.2. The van der Waals surface area contributed by atoms with E-state index < -0.39 is 0 Å². The minimum atomic E-state index is -0.193. The van der Waals surface area contributed by atoms with Crippen LogP contribution in [0.25, 0.3) is 94.1 Å². The monoisotopic (exact) mass is 653 g/mol. The maximum absolute atomic E-state index is 6.39. The number of aromatic nitrogens is 3. The molecule has 3 aromatic heterocycles. The fourth-order valence-electron chi connectivity index (χ4n) is 8.54. The third-order valence-electron chi connectivity index (χ3n) is 11.0. The number of nitrogens with zero attached hydrogens (tertiary/aromatic N) is 3. The Morgan fingerprint density at radius 2 is 1.25 bits per heavy atom. The highest BCUT2D eigenvalue weighted by molar-refractivity contribution is 6.17. The van der Waals surface area contributed by atoms with Gasteiger partial charge in [0.1, 0.15) is 11.2 Å². The van der Waals surface area contributed by atoms with Crippen LogP contribution >= 0.6 is 0 Å². The van der Waals surface area contributed by atoms with E-state index >= 15 is 0 Å². The van der Waals surface area contributed by atoms with Crippen molar-refractivity contribution in [1.29, 1.82) is 0 Å². The molecule has 240 valence electrons. The number of para-hydroxylation sites is 3. The lowest BCUT2D eigenvalue weighted by atomic mass is 9.82. The summed E-state index contributed by atoms with van der Waals surface area (Å²) in [5.41, 5.74) is 14.3. The normalized spacial score (nSPS) is 13.5. The molecule has 3 heterocycles. The fourth-order valence-corrected chi connectivity index (χ4v) is 8.54. The summed E-state index contributed by atoms with van der Waals surface area (Å²) in [6.07, 6.45) is 0. The summed E-state index contributed by atoms with van der Waals surface area (Å²) in [7, 11) is 0. The van der Waals surface area contributed by atoms with E-state index in [9.17, 15) is 0 Å². The van der Waals surface area contributed by atoms with Crippen molar-refractivity contribution in [3.8, 4) is 39.5 Å². The van der Waals surface area contributed by atoms with Crippen LogP contribution in [0, 0.1) is 0 Å². The van der Waals surface area contributed by atoms with Crippen LogP contribution in [0.4, 0.5) is 0 Å². The number of hydrogen-bond donors (Lipinski definition) is 0. The topological polar surface area (TPSA) is 43.9 Å². The largest absolute Gasteiger partial charge is 0.456 e. The molecular formula is C47H31N3O. The highest BCUT2D eigenvalue weighted by atomic mass is 16.3. The summed E-state index contributed by atoms with van der Waals surface area (Å²) >= 11 is 0. The van der Waals surface area contributed by atoms with Gasteiger partial charge in [0.15, 0.2) is 5.82 Å². The van der Waals surface area contributed by atoms with E-state index in [-0.39, 0.29) is 5.41 Å². The fraction of sp³-hybridized carbons (Fsp3) is 0.0638. The lowest BCUT2D eigenvalue weighted by molar-refractivity contribution is 0.647. The van der Waals surface area contributed by atoms with Crippen molar-refractivity contribution >= 4 is 54.6 Å². The average molecular weight is 654 g/mol. The van der Waals surface area contributed by atoms with Crippen molar-refractivity contribution in [1.82, 2.24) is 14.5 Å². The third kappa shape index (κ3) is 3.96. The van der Waals surface area contributed by atoms with Gasteiger partial charge < -0.3 is 8.98 Å². The van der Waals surface area contributed by atoms with E-state index in [0.717, 1.165) is 55.3 Å². The number of benzene rings is 7. The van der Waals surface area contributed by atoms with Gasteiger partial charge in [-0.25, -0.2) is 9.97 Å². The zero-order chi connectivity index (χ0) is 33.8. The van der Waals surface area contributed by atoms with E-state index in [1.165, 1.54) is 44.1 Å². The second-order valence-corrected chi connectivity index (χ2v) is 14.2. The minimum absolute atomic E-state index is 0.193. The van der Waals surface area contributed by atoms with Crippen LogP contribution in [0.3, 0.4) is 0 Å². The molecule has 0 saturated carbocycles. The summed E-state index contributed by atoms with van der Waals surface area (Å²) in [5, 5.41) is 5.84. The Bertz CT molecular complexity index is 3040. The van der Waals surface area contributed by atoms with Crippen LogP contribution in [0.15, 0.2) is 156 Å². The van der Waals surface area contributed by atoms with Gasteiger partial charge in [0, 0.05) is 54.7 Å². The highest BCUT2D eigenvalue weighted by Gasteiger charge is 2.38. The SMILES string of the molecule is CC1(C)c2cc3oc4ccccc4c3cc2-c2c1ccc1c3ccccc3n(-c3ccc(-c4nc(-c5ccccc5)c5ccccc5n4)cc3)c21. The summed E-state index contributed by atoms with van der Waals surface area (Å²) in [5.74, 6) is 0.717. The Morgan fingerprint density at radius 1 is 0.529 bits per heavy atom. The molecule has 0 saturated heterocycles. The molecule has 10 aromatic rings. The van der Waals surface area contributed by atoms with Crippen LogP contribution in [0.1, 0.15) is 25.0 Å². The Morgan fingerprint density at radius 3 is 2.10 bits per heavy atom. The molecule has 0 fully saturated rings. The molecule has 4 nitrogen and oxygen atoms in total. The molecule has 0 N–H and O–H groups in total. The van der Waals surface area contributed by atoms with Gasteiger partial charge in [-0.05, 0) is 71.3 Å². The number of fused-ring (bicyclic) bond motifs is 11. The van der Waals surface area contributed by atoms with E-state index in [0.29, 0.717) is 5.82 Å². The van der Waals surface area contributed by atoms with Crippen molar-refractivity contribution in [2.45, 2.75) is 19.3 Å². The number of hydrogen-bond acceptors (Lipinski definition) is 3. The molecule has 11 rings (SSSR count). The molecule has 0 atom stereocenters. The van der Waals surface area contributed by atoms with Gasteiger partial charge in [-0.15, -0.1) is 0 Å². The molecule has 1 aliphatic carbocycles. The average Bonchev–Trinajstić information content (AvgIpc) is 3.79. The Balaban J connectivity index is 1.14. The maximum Gasteiger partial charge on any atom is 0.160 e. The second kappa shape index (κ2) is 10.3. The predicted octanol–water partition coefficient (Wildman–Crippen LogP) is 12.3. The van der Waals surface area contributed by atoms with Crippen LogP contribution in [-0.2, 0) is 5.41 Å². The Kier molecular flexibility index (Phi) is 5.70. The zero-order valence-electron chi connectivity index (χ0n) is 28.2. The quantitative estimate of drug-likeness (QED) is 0.191. The molecule has 0 radical (unpaired) electrons. The van der Waals surface area contributed by atoms with Crippen LogP contribution in [0.2, 0.25) is 0 Å². The molecule has 0 unspecified atom stereocenters. The van der Waals surface area contributed by atoms with Crippen molar-refractivity contribution in [3.63, 3.8) is 0 Å². The van der Waals surface area contributed by atoms with Crippen LogP contribution < -0.4 is 0 Å². The third-order valence-corrected chi connectivity index (χ3v) is 11.0. The van der Waals surface area contributed by atoms with Gasteiger partial charge in [0.2, 0.25) is 0 Å².